The second kappa shape index (κ2) is 7.18. The van der Waals surface area contributed by atoms with E-state index in [0.29, 0.717) is 24.4 Å². The maximum absolute atomic E-state index is 12.6. The Morgan fingerprint density at radius 1 is 1.10 bits per heavy atom. The minimum Gasteiger partial charge on any atom is -0.448 e. The molecule has 0 atom stereocenters. The van der Waals surface area contributed by atoms with Crippen molar-refractivity contribution < 1.29 is 14.0 Å². The van der Waals surface area contributed by atoms with Crippen molar-refractivity contribution >= 4 is 44.7 Å². The summed E-state index contributed by atoms with van der Waals surface area (Å²) in [6.45, 7) is 0.708. The molecule has 1 aliphatic heterocycles. The van der Waals surface area contributed by atoms with E-state index in [9.17, 15) is 9.59 Å². The quantitative estimate of drug-likeness (QED) is 0.524. The molecule has 0 bridgehead atoms. The largest absolute Gasteiger partial charge is 0.448 e. The first-order chi connectivity index (χ1) is 14.2. The van der Waals surface area contributed by atoms with Gasteiger partial charge in [0, 0.05) is 24.3 Å². The number of aromatic nitrogens is 1. The minimum absolute atomic E-state index is 0.111. The summed E-state index contributed by atoms with van der Waals surface area (Å²) in [7, 11) is 0. The molecule has 0 unspecified atom stereocenters. The highest BCUT2D eigenvalue weighted by Gasteiger charge is 2.22. The SMILES string of the molecule is O=C(Nc1cccc(N2CCCC2=O)c1)c1ccc(-c2nc3ccccc3s2)o1. The molecule has 29 heavy (non-hydrogen) atoms. The van der Waals surface area contributed by atoms with Crippen LogP contribution >= 0.6 is 11.3 Å². The normalized spacial score (nSPS) is 13.9. The van der Waals surface area contributed by atoms with Gasteiger partial charge in [0.25, 0.3) is 5.91 Å². The average molecular weight is 403 g/mol. The van der Waals surface area contributed by atoms with Gasteiger partial charge in [-0.2, -0.15) is 0 Å². The third-order valence-corrected chi connectivity index (χ3v) is 5.87. The van der Waals surface area contributed by atoms with Crippen molar-refractivity contribution in [3.05, 3.63) is 66.4 Å². The lowest BCUT2D eigenvalue weighted by molar-refractivity contribution is -0.117. The number of thiazole rings is 1. The van der Waals surface area contributed by atoms with Gasteiger partial charge >= 0.3 is 0 Å². The summed E-state index contributed by atoms with van der Waals surface area (Å²) in [6, 6.07) is 18.6. The highest BCUT2D eigenvalue weighted by atomic mass is 32.1. The third kappa shape index (κ3) is 3.40. The van der Waals surface area contributed by atoms with E-state index < -0.39 is 0 Å². The number of hydrogen-bond donors (Lipinski definition) is 1. The Morgan fingerprint density at radius 3 is 2.83 bits per heavy atom. The highest BCUT2D eigenvalue weighted by Crippen LogP contribution is 2.31. The minimum atomic E-state index is -0.345. The molecule has 1 aliphatic rings. The Balaban J connectivity index is 1.35. The second-order valence-electron chi connectivity index (χ2n) is 6.80. The fourth-order valence-corrected chi connectivity index (χ4v) is 4.35. The topological polar surface area (TPSA) is 75.4 Å². The summed E-state index contributed by atoms with van der Waals surface area (Å²) >= 11 is 1.52. The fraction of sp³-hybridized carbons (Fsp3) is 0.136. The first-order valence-corrected chi connectivity index (χ1v) is 10.2. The number of nitrogens with one attached hydrogen (secondary N) is 1. The van der Waals surface area contributed by atoms with Crippen molar-refractivity contribution in [1.82, 2.24) is 4.98 Å². The maximum atomic E-state index is 12.6. The molecule has 5 rings (SSSR count). The van der Waals surface area contributed by atoms with Gasteiger partial charge in [-0.25, -0.2) is 4.98 Å². The predicted molar refractivity (Wildman–Crippen MR) is 113 cm³/mol. The molecule has 1 N–H and O–H groups in total. The van der Waals surface area contributed by atoms with Crippen LogP contribution in [0.25, 0.3) is 21.0 Å². The van der Waals surface area contributed by atoms with Crippen molar-refractivity contribution in [1.29, 1.82) is 0 Å². The van der Waals surface area contributed by atoms with Crippen molar-refractivity contribution in [2.45, 2.75) is 12.8 Å². The highest BCUT2D eigenvalue weighted by molar-refractivity contribution is 7.21. The van der Waals surface area contributed by atoms with Crippen LogP contribution in [0.5, 0.6) is 0 Å². The number of carbonyl (C=O) groups excluding carboxylic acids is 2. The number of furan rings is 1. The number of carbonyl (C=O) groups is 2. The number of fused-ring (bicyclic) bond motifs is 1. The number of amides is 2. The van der Waals surface area contributed by atoms with Gasteiger partial charge in [-0.1, -0.05) is 18.2 Å². The first kappa shape index (κ1) is 17.6. The Kier molecular flexibility index (Phi) is 4.37. The number of para-hydroxylation sites is 1. The van der Waals surface area contributed by atoms with Crippen molar-refractivity contribution in [3.63, 3.8) is 0 Å². The molecule has 7 heteroatoms. The fourth-order valence-electron chi connectivity index (χ4n) is 3.42. The number of benzene rings is 2. The van der Waals surface area contributed by atoms with Crippen molar-refractivity contribution in [2.75, 3.05) is 16.8 Å². The monoisotopic (exact) mass is 403 g/mol. The van der Waals surface area contributed by atoms with E-state index >= 15 is 0 Å². The molecule has 0 radical (unpaired) electrons. The number of hydrogen-bond acceptors (Lipinski definition) is 5. The summed E-state index contributed by atoms with van der Waals surface area (Å²) in [4.78, 5) is 30.9. The lowest BCUT2D eigenvalue weighted by Gasteiger charge is -2.16. The van der Waals surface area contributed by atoms with E-state index in [1.807, 2.05) is 36.4 Å². The lowest BCUT2D eigenvalue weighted by atomic mass is 10.2. The predicted octanol–water partition coefficient (Wildman–Crippen LogP) is 4.94. The third-order valence-electron chi connectivity index (χ3n) is 4.82. The zero-order valence-corrected chi connectivity index (χ0v) is 16.2. The van der Waals surface area contributed by atoms with Crippen LogP contribution in [0.2, 0.25) is 0 Å². The average Bonchev–Trinajstić information content (AvgIpc) is 3.46. The molecule has 2 aromatic heterocycles. The van der Waals surface area contributed by atoms with Crippen LogP contribution in [0.3, 0.4) is 0 Å². The van der Waals surface area contributed by atoms with Crippen LogP contribution in [0.1, 0.15) is 23.4 Å². The van der Waals surface area contributed by atoms with Crippen molar-refractivity contribution in [2.24, 2.45) is 0 Å². The van der Waals surface area contributed by atoms with Crippen LogP contribution in [0, 0.1) is 0 Å². The summed E-state index contributed by atoms with van der Waals surface area (Å²) in [5.41, 5.74) is 2.31. The van der Waals surface area contributed by atoms with Crippen LogP contribution in [-0.4, -0.2) is 23.3 Å². The molecule has 1 fully saturated rings. The van der Waals surface area contributed by atoms with Gasteiger partial charge in [-0.05, 0) is 48.9 Å². The molecular formula is C22H17N3O3S. The number of nitrogens with zero attached hydrogens (tertiary/aromatic N) is 2. The molecule has 1 saturated heterocycles. The maximum Gasteiger partial charge on any atom is 0.291 e. The zero-order valence-electron chi connectivity index (χ0n) is 15.4. The molecule has 4 aromatic rings. The van der Waals surface area contributed by atoms with Crippen LogP contribution in [0.15, 0.2) is 65.1 Å². The summed E-state index contributed by atoms with van der Waals surface area (Å²) in [5.74, 6) is 0.539. The molecular weight excluding hydrogens is 386 g/mol. The first-order valence-electron chi connectivity index (χ1n) is 9.35. The molecule has 3 heterocycles. The summed E-state index contributed by atoms with van der Waals surface area (Å²) in [5, 5.41) is 3.58. The second-order valence-corrected chi connectivity index (χ2v) is 7.83. The van der Waals surface area contributed by atoms with Crippen molar-refractivity contribution in [3.8, 4) is 10.8 Å². The van der Waals surface area contributed by atoms with E-state index in [1.54, 1.807) is 29.2 Å². The van der Waals surface area contributed by atoms with Gasteiger partial charge in [-0.15, -0.1) is 11.3 Å². The Labute approximate surface area is 170 Å². The molecule has 0 aliphatic carbocycles. The molecule has 2 amide bonds. The van der Waals surface area contributed by atoms with Crippen LogP contribution < -0.4 is 10.2 Å². The Bertz CT molecular complexity index is 1190. The molecule has 6 nitrogen and oxygen atoms in total. The smallest absolute Gasteiger partial charge is 0.291 e. The zero-order chi connectivity index (χ0) is 19.8. The van der Waals surface area contributed by atoms with Gasteiger partial charge < -0.3 is 14.6 Å². The van der Waals surface area contributed by atoms with Gasteiger partial charge in [-0.3, -0.25) is 9.59 Å². The number of anilines is 2. The van der Waals surface area contributed by atoms with E-state index in [-0.39, 0.29) is 17.6 Å². The molecule has 144 valence electrons. The molecule has 2 aromatic carbocycles. The van der Waals surface area contributed by atoms with E-state index in [4.69, 9.17) is 4.42 Å². The van der Waals surface area contributed by atoms with Gasteiger partial charge in [0.15, 0.2) is 16.5 Å². The Hall–Kier alpha value is -3.45. The van der Waals surface area contributed by atoms with Crippen LogP contribution in [0.4, 0.5) is 11.4 Å². The van der Waals surface area contributed by atoms with Gasteiger partial charge in [0.05, 0.1) is 10.2 Å². The number of rotatable bonds is 4. The van der Waals surface area contributed by atoms with E-state index in [1.165, 1.54) is 11.3 Å². The van der Waals surface area contributed by atoms with E-state index in [0.717, 1.165) is 27.3 Å². The molecule has 0 spiro atoms. The summed E-state index contributed by atoms with van der Waals surface area (Å²) in [6.07, 6.45) is 1.42. The lowest BCUT2D eigenvalue weighted by Crippen LogP contribution is -2.23. The standard InChI is InChI=1S/C22H17N3O3S/c26-20-9-4-12-25(20)15-6-3-5-14(13-15)23-21(27)17-10-11-18(28-17)22-24-16-7-1-2-8-19(16)29-22/h1-3,5-8,10-11,13H,4,9,12H2,(H,23,27). The molecule has 0 saturated carbocycles. The van der Waals surface area contributed by atoms with Crippen LogP contribution in [-0.2, 0) is 4.79 Å². The van der Waals surface area contributed by atoms with E-state index in [2.05, 4.69) is 10.3 Å². The van der Waals surface area contributed by atoms with Gasteiger partial charge in [0.1, 0.15) is 0 Å². The summed E-state index contributed by atoms with van der Waals surface area (Å²) < 4.78 is 6.82. The van der Waals surface area contributed by atoms with Gasteiger partial charge in [0.2, 0.25) is 5.91 Å². The Morgan fingerprint density at radius 2 is 2.00 bits per heavy atom.